The summed E-state index contributed by atoms with van der Waals surface area (Å²) in [7, 11) is 0. The number of nitrogens with zero attached hydrogens (tertiary/aromatic N) is 2. The number of hydrogen-bond acceptors (Lipinski definition) is 4. The minimum Gasteiger partial charge on any atom is -0.449 e. The van der Waals surface area contributed by atoms with Crippen molar-refractivity contribution < 1.29 is 9.53 Å². The fraction of sp³-hybridized carbons (Fsp3) is 0.0556. The molecule has 0 aliphatic rings. The van der Waals surface area contributed by atoms with Crippen LogP contribution < -0.4 is 0 Å². The zero-order valence-electron chi connectivity index (χ0n) is 12.0. The molecule has 0 saturated carbocycles. The number of rotatable bonds is 3. The van der Waals surface area contributed by atoms with Crippen LogP contribution in [0.3, 0.4) is 0 Å². The standard InChI is InChI=1S/C18H11BrN2O2/c1-2-9-23-18(22)14-11-17(16-5-3-4-8-20-16)21-15-7-6-12(19)10-13(14)15/h1,3-8,10-11H,9H2. The van der Waals surface area contributed by atoms with Gasteiger partial charge in [-0.2, -0.15) is 0 Å². The number of halogens is 1. The lowest BCUT2D eigenvalue weighted by atomic mass is 10.1. The molecule has 4 nitrogen and oxygen atoms in total. The highest BCUT2D eigenvalue weighted by Crippen LogP contribution is 2.26. The summed E-state index contributed by atoms with van der Waals surface area (Å²) in [6.07, 6.45) is 6.84. The summed E-state index contributed by atoms with van der Waals surface area (Å²) < 4.78 is 5.93. The van der Waals surface area contributed by atoms with Crippen LogP contribution in [0, 0.1) is 12.3 Å². The van der Waals surface area contributed by atoms with E-state index in [-0.39, 0.29) is 6.61 Å². The molecule has 1 aromatic carbocycles. The fourth-order valence-corrected chi connectivity index (χ4v) is 2.56. The van der Waals surface area contributed by atoms with Gasteiger partial charge >= 0.3 is 5.97 Å². The summed E-state index contributed by atoms with van der Waals surface area (Å²) in [6, 6.07) is 12.7. The normalized spacial score (nSPS) is 10.3. The van der Waals surface area contributed by atoms with Gasteiger partial charge in [-0.05, 0) is 36.4 Å². The molecule has 0 aliphatic heterocycles. The third-order valence-corrected chi connectivity index (χ3v) is 3.70. The van der Waals surface area contributed by atoms with Crippen molar-refractivity contribution in [2.24, 2.45) is 0 Å². The minimum atomic E-state index is -0.481. The van der Waals surface area contributed by atoms with E-state index in [4.69, 9.17) is 11.2 Å². The van der Waals surface area contributed by atoms with Crippen molar-refractivity contribution in [3.8, 4) is 23.7 Å². The predicted octanol–water partition coefficient (Wildman–Crippen LogP) is 3.85. The molecule has 3 rings (SSSR count). The average molecular weight is 367 g/mol. The van der Waals surface area contributed by atoms with Crippen LogP contribution in [0.5, 0.6) is 0 Å². The van der Waals surface area contributed by atoms with Crippen LogP contribution in [-0.2, 0) is 4.74 Å². The highest BCUT2D eigenvalue weighted by atomic mass is 79.9. The van der Waals surface area contributed by atoms with Crippen LogP contribution in [0.15, 0.2) is 53.1 Å². The molecule has 0 unspecified atom stereocenters. The van der Waals surface area contributed by atoms with Crippen LogP contribution in [0.1, 0.15) is 10.4 Å². The van der Waals surface area contributed by atoms with E-state index in [0.29, 0.717) is 27.9 Å². The SMILES string of the molecule is C#CCOC(=O)c1cc(-c2ccccn2)nc2ccc(Br)cc12. The Balaban J connectivity index is 2.20. The van der Waals surface area contributed by atoms with E-state index in [2.05, 4.69) is 31.8 Å². The van der Waals surface area contributed by atoms with Gasteiger partial charge in [-0.25, -0.2) is 9.78 Å². The Kier molecular flexibility index (Phi) is 4.35. The number of hydrogen-bond donors (Lipinski definition) is 0. The number of benzene rings is 1. The van der Waals surface area contributed by atoms with Crippen molar-refractivity contribution >= 4 is 32.8 Å². The lowest BCUT2D eigenvalue weighted by Gasteiger charge is -2.09. The van der Waals surface area contributed by atoms with Gasteiger partial charge in [0.1, 0.15) is 0 Å². The molecule has 23 heavy (non-hydrogen) atoms. The number of pyridine rings is 2. The lowest BCUT2D eigenvalue weighted by molar-refractivity contribution is 0.0559. The molecule has 0 amide bonds. The van der Waals surface area contributed by atoms with E-state index in [1.807, 2.05) is 36.4 Å². The van der Waals surface area contributed by atoms with Gasteiger partial charge in [0.2, 0.25) is 0 Å². The van der Waals surface area contributed by atoms with Crippen LogP contribution >= 0.6 is 15.9 Å². The van der Waals surface area contributed by atoms with Crippen molar-refractivity contribution in [1.82, 2.24) is 9.97 Å². The molecular weight excluding hydrogens is 356 g/mol. The number of aromatic nitrogens is 2. The first-order chi connectivity index (χ1) is 11.2. The molecule has 2 heterocycles. The molecule has 0 aliphatic carbocycles. The Hall–Kier alpha value is -2.71. The van der Waals surface area contributed by atoms with E-state index >= 15 is 0 Å². The number of ether oxygens (including phenoxy) is 1. The van der Waals surface area contributed by atoms with Gasteiger partial charge in [0.05, 0.1) is 22.5 Å². The molecular formula is C18H11BrN2O2. The summed E-state index contributed by atoms with van der Waals surface area (Å²) in [5.41, 5.74) is 2.38. The Morgan fingerprint density at radius 1 is 1.22 bits per heavy atom. The smallest absolute Gasteiger partial charge is 0.339 e. The Bertz CT molecular complexity index is 917. The quantitative estimate of drug-likeness (QED) is 0.521. The zero-order valence-corrected chi connectivity index (χ0v) is 13.6. The Labute approximate surface area is 141 Å². The molecule has 5 heteroatoms. The van der Waals surface area contributed by atoms with Gasteiger partial charge in [0.25, 0.3) is 0 Å². The summed E-state index contributed by atoms with van der Waals surface area (Å²) in [5, 5.41) is 0.695. The van der Waals surface area contributed by atoms with Crippen molar-refractivity contribution in [2.75, 3.05) is 6.61 Å². The second-order valence-electron chi connectivity index (χ2n) is 4.71. The lowest BCUT2D eigenvalue weighted by Crippen LogP contribution is -2.07. The van der Waals surface area contributed by atoms with E-state index in [9.17, 15) is 4.79 Å². The maximum absolute atomic E-state index is 12.3. The molecule has 0 saturated heterocycles. The first-order valence-corrected chi connectivity index (χ1v) is 7.60. The van der Waals surface area contributed by atoms with Crippen LogP contribution in [-0.4, -0.2) is 22.5 Å². The number of carbonyl (C=O) groups excluding carboxylic acids is 1. The average Bonchev–Trinajstić information content (AvgIpc) is 2.59. The molecule has 0 atom stereocenters. The van der Waals surface area contributed by atoms with Crippen molar-refractivity contribution in [3.05, 3.63) is 58.7 Å². The topological polar surface area (TPSA) is 52.1 Å². The highest BCUT2D eigenvalue weighted by Gasteiger charge is 2.15. The van der Waals surface area contributed by atoms with Gasteiger partial charge in [-0.15, -0.1) is 6.42 Å². The third kappa shape index (κ3) is 3.22. The molecule has 0 bridgehead atoms. The molecule has 0 N–H and O–H groups in total. The molecule has 0 spiro atoms. The van der Waals surface area contributed by atoms with E-state index in [1.54, 1.807) is 12.3 Å². The maximum atomic E-state index is 12.3. The van der Waals surface area contributed by atoms with Gasteiger partial charge in [0, 0.05) is 16.1 Å². The van der Waals surface area contributed by atoms with Crippen LogP contribution in [0.25, 0.3) is 22.3 Å². The fourth-order valence-electron chi connectivity index (χ4n) is 2.20. The summed E-state index contributed by atoms with van der Waals surface area (Å²) in [6.45, 7) is -0.0738. The largest absolute Gasteiger partial charge is 0.449 e. The van der Waals surface area contributed by atoms with Crippen molar-refractivity contribution in [2.45, 2.75) is 0 Å². The molecule has 0 radical (unpaired) electrons. The summed E-state index contributed by atoms with van der Waals surface area (Å²) in [5.74, 6) is 1.81. The van der Waals surface area contributed by atoms with Crippen LogP contribution in [0.2, 0.25) is 0 Å². The Morgan fingerprint density at radius 3 is 2.83 bits per heavy atom. The molecule has 0 fully saturated rings. The Morgan fingerprint density at radius 2 is 2.09 bits per heavy atom. The van der Waals surface area contributed by atoms with E-state index in [0.717, 1.165) is 4.47 Å². The van der Waals surface area contributed by atoms with Gasteiger partial charge in [-0.3, -0.25) is 4.98 Å². The maximum Gasteiger partial charge on any atom is 0.339 e. The predicted molar refractivity (Wildman–Crippen MR) is 91.8 cm³/mol. The number of terminal acetylenes is 1. The van der Waals surface area contributed by atoms with Gasteiger partial charge < -0.3 is 4.74 Å². The van der Waals surface area contributed by atoms with E-state index in [1.165, 1.54) is 0 Å². The van der Waals surface area contributed by atoms with Crippen LogP contribution in [0.4, 0.5) is 0 Å². The third-order valence-electron chi connectivity index (χ3n) is 3.20. The first-order valence-electron chi connectivity index (χ1n) is 6.81. The number of fused-ring (bicyclic) bond motifs is 1. The number of esters is 1. The number of carbonyl (C=O) groups is 1. The molecule has 2 aromatic heterocycles. The monoisotopic (exact) mass is 366 g/mol. The highest BCUT2D eigenvalue weighted by molar-refractivity contribution is 9.10. The first kappa shape index (κ1) is 15.2. The summed E-state index contributed by atoms with van der Waals surface area (Å²) >= 11 is 3.41. The zero-order chi connectivity index (χ0) is 16.2. The van der Waals surface area contributed by atoms with E-state index < -0.39 is 5.97 Å². The van der Waals surface area contributed by atoms with Gasteiger partial charge in [0.15, 0.2) is 6.61 Å². The molecule has 112 valence electrons. The van der Waals surface area contributed by atoms with Gasteiger partial charge in [-0.1, -0.05) is 27.9 Å². The minimum absolute atomic E-state index is 0.0738. The summed E-state index contributed by atoms with van der Waals surface area (Å²) in [4.78, 5) is 21.2. The second-order valence-corrected chi connectivity index (χ2v) is 5.63. The van der Waals surface area contributed by atoms with Crippen molar-refractivity contribution in [1.29, 1.82) is 0 Å². The molecule has 3 aromatic rings. The second kappa shape index (κ2) is 6.59. The van der Waals surface area contributed by atoms with Crippen molar-refractivity contribution in [3.63, 3.8) is 0 Å².